The first-order valence-corrected chi connectivity index (χ1v) is 4.90. The molecule has 0 N–H and O–H groups in total. The maximum atomic E-state index is 11.8. The Morgan fingerprint density at radius 2 is 2.33 bits per heavy atom. The number of nitrogens with zero attached hydrogens (tertiary/aromatic N) is 2. The van der Waals surface area contributed by atoms with Crippen molar-refractivity contribution < 1.29 is 4.79 Å². The van der Waals surface area contributed by atoms with Gasteiger partial charge in [0, 0.05) is 24.8 Å². The van der Waals surface area contributed by atoms with Crippen LogP contribution in [0.3, 0.4) is 0 Å². The number of halogens is 1. The second-order valence-corrected chi connectivity index (χ2v) is 3.91. The molecule has 0 saturated heterocycles. The number of carbonyl (C=O) groups is 1. The third-order valence-corrected chi connectivity index (χ3v) is 2.03. The Hall–Kier alpha value is -1.35. The molecule has 1 rings (SSSR count). The molecule has 0 aliphatic rings. The van der Waals surface area contributed by atoms with Crippen molar-refractivity contribution >= 4 is 17.5 Å². The fourth-order valence-corrected chi connectivity index (χ4v) is 1.35. The zero-order valence-corrected chi connectivity index (χ0v) is 9.58. The first-order chi connectivity index (χ1) is 7.00. The summed E-state index contributed by atoms with van der Waals surface area (Å²) in [7, 11) is 1.71. The minimum Gasteiger partial charge on any atom is -0.336 e. The van der Waals surface area contributed by atoms with Crippen LogP contribution in [-0.2, 0) is 0 Å². The predicted molar refractivity (Wildman–Crippen MR) is 61.0 cm³/mol. The zero-order chi connectivity index (χ0) is 11.4. The Morgan fingerprint density at radius 1 is 1.67 bits per heavy atom. The van der Waals surface area contributed by atoms with Gasteiger partial charge < -0.3 is 4.90 Å². The quantitative estimate of drug-likeness (QED) is 0.739. The molecule has 0 radical (unpaired) electrons. The van der Waals surface area contributed by atoms with Crippen molar-refractivity contribution in [1.29, 1.82) is 0 Å². The van der Waals surface area contributed by atoms with Gasteiger partial charge in [-0.3, -0.25) is 9.78 Å². The Morgan fingerprint density at radius 3 is 2.87 bits per heavy atom. The zero-order valence-electron chi connectivity index (χ0n) is 8.83. The van der Waals surface area contributed by atoms with Crippen molar-refractivity contribution in [2.75, 3.05) is 13.6 Å². The molecule has 3 nitrogen and oxygen atoms in total. The second kappa shape index (κ2) is 4.94. The minimum atomic E-state index is -0.152. The van der Waals surface area contributed by atoms with E-state index in [0.29, 0.717) is 17.3 Å². The summed E-state index contributed by atoms with van der Waals surface area (Å²) in [5.74, 6) is -0.152. The van der Waals surface area contributed by atoms with Crippen LogP contribution in [0.2, 0.25) is 5.02 Å². The SMILES string of the molecule is C=C(C)CN(C)C(=O)c1cc(Cl)ccn1. The molecule has 15 heavy (non-hydrogen) atoms. The molecule has 0 aliphatic heterocycles. The van der Waals surface area contributed by atoms with Gasteiger partial charge in [0.1, 0.15) is 5.69 Å². The molecule has 0 aliphatic carbocycles. The van der Waals surface area contributed by atoms with E-state index in [0.717, 1.165) is 5.57 Å². The highest BCUT2D eigenvalue weighted by atomic mass is 35.5. The summed E-state index contributed by atoms with van der Waals surface area (Å²) in [6.45, 7) is 6.14. The summed E-state index contributed by atoms with van der Waals surface area (Å²) >= 11 is 5.77. The van der Waals surface area contributed by atoms with Crippen LogP contribution in [0.1, 0.15) is 17.4 Å². The number of hydrogen-bond acceptors (Lipinski definition) is 2. The molecule has 0 spiro atoms. The van der Waals surface area contributed by atoms with Crippen LogP contribution in [-0.4, -0.2) is 29.4 Å². The number of pyridine rings is 1. The molecule has 1 heterocycles. The molecule has 0 unspecified atom stereocenters. The van der Waals surface area contributed by atoms with Gasteiger partial charge in [-0.25, -0.2) is 0 Å². The molecule has 1 aromatic rings. The monoisotopic (exact) mass is 224 g/mol. The van der Waals surface area contributed by atoms with Crippen LogP contribution in [0.5, 0.6) is 0 Å². The van der Waals surface area contributed by atoms with Crippen LogP contribution in [0.4, 0.5) is 0 Å². The fraction of sp³-hybridized carbons (Fsp3) is 0.273. The molecule has 0 fully saturated rings. The summed E-state index contributed by atoms with van der Waals surface area (Å²) in [4.78, 5) is 17.3. The molecule has 0 bridgehead atoms. The maximum Gasteiger partial charge on any atom is 0.272 e. The van der Waals surface area contributed by atoms with Gasteiger partial charge in [0.15, 0.2) is 0 Å². The topological polar surface area (TPSA) is 33.2 Å². The van der Waals surface area contributed by atoms with E-state index in [1.807, 2.05) is 6.92 Å². The smallest absolute Gasteiger partial charge is 0.272 e. The molecule has 1 amide bonds. The van der Waals surface area contributed by atoms with E-state index in [2.05, 4.69) is 11.6 Å². The van der Waals surface area contributed by atoms with E-state index in [9.17, 15) is 4.79 Å². The highest BCUT2D eigenvalue weighted by Gasteiger charge is 2.12. The van der Waals surface area contributed by atoms with E-state index in [-0.39, 0.29) is 5.91 Å². The normalized spacial score (nSPS) is 9.80. The molecule has 80 valence electrons. The van der Waals surface area contributed by atoms with Crippen molar-refractivity contribution in [2.45, 2.75) is 6.92 Å². The average molecular weight is 225 g/mol. The van der Waals surface area contributed by atoms with E-state index < -0.39 is 0 Å². The number of amides is 1. The minimum absolute atomic E-state index is 0.152. The second-order valence-electron chi connectivity index (χ2n) is 3.48. The van der Waals surface area contributed by atoms with Gasteiger partial charge in [0.05, 0.1) is 0 Å². The average Bonchev–Trinajstić information content (AvgIpc) is 2.15. The first kappa shape index (κ1) is 11.7. The van der Waals surface area contributed by atoms with Gasteiger partial charge in [-0.1, -0.05) is 23.8 Å². The van der Waals surface area contributed by atoms with E-state index in [1.165, 1.54) is 6.20 Å². The summed E-state index contributed by atoms with van der Waals surface area (Å²) in [6.07, 6.45) is 1.52. The van der Waals surface area contributed by atoms with Crippen LogP contribution in [0.25, 0.3) is 0 Å². The van der Waals surface area contributed by atoms with Crippen molar-refractivity contribution in [2.24, 2.45) is 0 Å². The number of likely N-dealkylation sites (N-methyl/N-ethyl adjacent to an activating group) is 1. The molecule has 1 aromatic heterocycles. The van der Waals surface area contributed by atoms with Crippen molar-refractivity contribution in [3.8, 4) is 0 Å². The number of hydrogen-bond donors (Lipinski definition) is 0. The van der Waals surface area contributed by atoms with Gasteiger partial charge in [0.2, 0.25) is 0 Å². The van der Waals surface area contributed by atoms with Crippen LogP contribution < -0.4 is 0 Å². The number of aromatic nitrogens is 1. The van der Waals surface area contributed by atoms with Crippen molar-refractivity contribution in [3.63, 3.8) is 0 Å². The summed E-state index contributed by atoms with van der Waals surface area (Å²) in [5, 5.41) is 0.511. The van der Waals surface area contributed by atoms with Gasteiger partial charge >= 0.3 is 0 Å². The lowest BCUT2D eigenvalue weighted by Crippen LogP contribution is -2.28. The van der Waals surface area contributed by atoms with Gasteiger partial charge in [0.25, 0.3) is 5.91 Å². The van der Waals surface area contributed by atoms with E-state index in [4.69, 9.17) is 11.6 Å². The number of carbonyl (C=O) groups excluding carboxylic acids is 1. The van der Waals surface area contributed by atoms with E-state index >= 15 is 0 Å². The Balaban J connectivity index is 2.80. The largest absolute Gasteiger partial charge is 0.336 e. The highest BCUT2D eigenvalue weighted by molar-refractivity contribution is 6.30. The fourth-order valence-electron chi connectivity index (χ4n) is 1.19. The Bertz CT molecular complexity index is 390. The molecule has 0 aromatic carbocycles. The number of rotatable bonds is 3. The molecular weight excluding hydrogens is 212 g/mol. The summed E-state index contributed by atoms with van der Waals surface area (Å²) < 4.78 is 0. The molecule has 0 atom stereocenters. The van der Waals surface area contributed by atoms with Crippen LogP contribution in [0.15, 0.2) is 30.5 Å². The van der Waals surface area contributed by atoms with E-state index in [1.54, 1.807) is 24.1 Å². The lowest BCUT2D eigenvalue weighted by atomic mass is 10.3. The van der Waals surface area contributed by atoms with Gasteiger partial charge in [-0.15, -0.1) is 0 Å². The van der Waals surface area contributed by atoms with Crippen molar-refractivity contribution in [1.82, 2.24) is 9.88 Å². The lowest BCUT2D eigenvalue weighted by Gasteiger charge is -2.16. The third kappa shape index (κ3) is 3.36. The standard InChI is InChI=1S/C11H13ClN2O/c1-8(2)7-14(3)11(15)10-6-9(12)4-5-13-10/h4-6H,1,7H2,2-3H3. The highest BCUT2D eigenvalue weighted by Crippen LogP contribution is 2.09. The third-order valence-electron chi connectivity index (χ3n) is 1.79. The molecular formula is C11H13ClN2O. The first-order valence-electron chi connectivity index (χ1n) is 4.52. The van der Waals surface area contributed by atoms with Crippen LogP contribution in [0, 0.1) is 0 Å². The van der Waals surface area contributed by atoms with Gasteiger partial charge in [-0.2, -0.15) is 0 Å². The maximum absolute atomic E-state index is 11.8. The Kier molecular flexibility index (Phi) is 3.86. The summed E-state index contributed by atoms with van der Waals surface area (Å²) in [5.41, 5.74) is 1.28. The molecule has 4 heteroatoms. The summed E-state index contributed by atoms with van der Waals surface area (Å²) in [6, 6.07) is 3.19. The van der Waals surface area contributed by atoms with Crippen molar-refractivity contribution in [3.05, 3.63) is 41.2 Å². The Labute approximate surface area is 94.4 Å². The predicted octanol–water partition coefficient (Wildman–Crippen LogP) is 2.38. The van der Waals surface area contributed by atoms with Gasteiger partial charge in [-0.05, 0) is 19.1 Å². The molecule has 0 saturated carbocycles. The lowest BCUT2D eigenvalue weighted by molar-refractivity contribution is 0.0801. The van der Waals surface area contributed by atoms with Crippen LogP contribution >= 0.6 is 11.6 Å².